The number of nitrogens with one attached hydrogen (secondary N) is 2. The number of fused-ring (bicyclic) bond motifs is 1. The van der Waals surface area contributed by atoms with Gasteiger partial charge in [-0.1, -0.05) is 6.07 Å². The molecular formula is C18H30IN5O2. The normalized spacial score (nSPS) is 11.4. The minimum atomic E-state index is 0. The molecule has 0 amide bonds. The highest BCUT2D eigenvalue weighted by molar-refractivity contribution is 14.0. The van der Waals surface area contributed by atoms with E-state index in [2.05, 4.69) is 44.2 Å². The number of imidazole rings is 1. The Morgan fingerprint density at radius 3 is 2.77 bits per heavy atom. The highest BCUT2D eigenvalue weighted by Crippen LogP contribution is 2.09. The van der Waals surface area contributed by atoms with Gasteiger partial charge in [-0.05, 0) is 25.0 Å². The van der Waals surface area contributed by atoms with Gasteiger partial charge < -0.3 is 24.5 Å². The van der Waals surface area contributed by atoms with Crippen LogP contribution in [0, 0.1) is 6.92 Å². The van der Waals surface area contributed by atoms with E-state index >= 15 is 0 Å². The molecule has 0 aliphatic heterocycles. The monoisotopic (exact) mass is 475 g/mol. The second-order valence-electron chi connectivity index (χ2n) is 5.79. The van der Waals surface area contributed by atoms with Crippen molar-refractivity contribution < 1.29 is 9.47 Å². The van der Waals surface area contributed by atoms with Crippen molar-refractivity contribution >= 4 is 35.6 Å². The van der Waals surface area contributed by atoms with E-state index in [1.807, 2.05) is 12.3 Å². The van der Waals surface area contributed by atoms with E-state index in [0.29, 0.717) is 19.8 Å². The van der Waals surface area contributed by atoms with Crippen LogP contribution in [0.25, 0.3) is 5.65 Å². The van der Waals surface area contributed by atoms with Gasteiger partial charge in [0.05, 0.1) is 18.9 Å². The standard InChI is InChI=1S/C18H29N5O2.HI/c1-15-6-4-10-23-14-16(22-17(15)23)7-9-21-18(19-2)20-8-5-11-25-13-12-24-3;/h4,6,10,14H,5,7-9,11-13H2,1-3H3,(H2,19,20,21);1H. The maximum absolute atomic E-state index is 5.43. The number of aliphatic imine (C=N–C) groups is 1. The molecule has 0 unspecified atom stereocenters. The van der Waals surface area contributed by atoms with Crippen molar-refractivity contribution in [1.29, 1.82) is 0 Å². The molecule has 146 valence electrons. The molecule has 0 atom stereocenters. The fourth-order valence-electron chi connectivity index (χ4n) is 2.48. The average Bonchev–Trinajstić information content (AvgIpc) is 3.04. The SMILES string of the molecule is CN=C(NCCCOCCOC)NCCc1cn2cccc(C)c2n1.I. The van der Waals surface area contributed by atoms with Gasteiger partial charge in [-0.25, -0.2) is 4.98 Å². The number of aromatic nitrogens is 2. The second-order valence-corrected chi connectivity index (χ2v) is 5.79. The van der Waals surface area contributed by atoms with Crippen LogP contribution in [0.4, 0.5) is 0 Å². The molecule has 2 N–H and O–H groups in total. The maximum atomic E-state index is 5.43. The fraction of sp³-hybridized carbons (Fsp3) is 0.556. The Labute approximate surface area is 172 Å². The fourth-order valence-corrected chi connectivity index (χ4v) is 2.48. The van der Waals surface area contributed by atoms with E-state index in [1.165, 1.54) is 5.56 Å². The largest absolute Gasteiger partial charge is 0.382 e. The van der Waals surface area contributed by atoms with Crippen molar-refractivity contribution in [3.63, 3.8) is 0 Å². The summed E-state index contributed by atoms with van der Waals surface area (Å²) in [5, 5.41) is 6.60. The van der Waals surface area contributed by atoms with Crippen LogP contribution in [0.5, 0.6) is 0 Å². The Hall–Kier alpha value is -1.39. The van der Waals surface area contributed by atoms with Crippen molar-refractivity contribution in [2.24, 2.45) is 4.99 Å². The zero-order valence-electron chi connectivity index (χ0n) is 15.8. The Bertz CT molecular complexity index is 675. The third-order valence-corrected chi connectivity index (χ3v) is 3.81. The number of nitrogens with zero attached hydrogens (tertiary/aromatic N) is 3. The van der Waals surface area contributed by atoms with Crippen LogP contribution in [-0.2, 0) is 15.9 Å². The Balaban J connectivity index is 0.00000338. The molecule has 0 saturated heterocycles. The van der Waals surface area contributed by atoms with E-state index in [9.17, 15) is 0 Å². The minimum Gasteiger partial charge on any atom is -0.382 e. The molecule has 0 fully saturated rings. The maximum Gasteiger partial charge on any atom is 0.190 e. The molecule has 0 spiro atoms. The van der Waals surface area contributed by atoms with E-state index in [1.54, 1.807) is 14.2 Å². The quantitative estimate of drug-likeness (QED) is 0.238. The summed E-state index contributed by atoms with van der Waals surface area (Å²) in [6, 6.07) is 4.12. The lowest BCUT2D eigenvalue weighted by Crippen LogP contribution is -2.39. The van der Waals surface area contributed by atoms with Crippen LogP contribution >= 0.6 is 24.0 Å². The number of pyridine rings is 1. The number of hydrogen-bond acceptors (Lipinski definition) is 4. The van der Waals surface area contributed by atoms with Crippen molar-refractivity contribution in [1.82, 2.24) is 20.0 Å². The first-order valence-corrected chi connectivity index (χ1v) is 8.69. The summed E-state index contributed by atoms with van der Waals surface area (Å²) in [4.78, 5) is 8.91. The predicted molar refractivity (Wildman–Crippen MR) is 116 cm³/mol. The Morgan fingerprint density at radius 1 is 1.23 bits per heavy atom. The summed E-state index contributed by atoms with van der Waals surface area (Å²) < 4.78 is 12.4. The van der Waals surface area contributed by atoms with Crippen molar-refractivity contribution in [3.8, 4) is 0 Å². The molecule has 0 aromatic carbocycles. The van der Waals surface area contributed by atoms with Crippen LogP contribution in [0.1, 0.15) is 17.7 Å². The third kappa shape index (κ3) is 7.46. The highest BCUT2D eigenvalue weighted by Gasteiger charge is 2.04. The number of rotatable bonds is 10. The van der Waals surface area contributed by atoms with Gasteiger partial charge >= 0.3 is 0 Å². The lowest BCUT2D eigenvalue weighted by Gasteiger charge is -2.11. The number of ether oxygens (including phenoxy) is 2. The van der Waals surface area contributed by atoms with E-state index in [-0.39, 0.29) is 24.0 Å². The van der Waals surface area contributed by atoms with Crippen molar-refractivity contribution in [3.05, 3.63) is 35.8 Å². The first-order chi connectivity index (χ1) is 12.2. The highest BCUT2D eigenvalue weighted by atomic mass is 127. The van der Waals surface area contributed by atoms with Crippen molar-refractivity contribution in [2.45, 2.75) is 19.8 Å². The summed E-state index contributed by atoms with van der Waals surface area (Å²) >= 11 is 0. The van der Waals surface area contributed by atoms with Crippen LogP contribution in [-0.4, -0.2) is 62.4 Å². The number of aryl methyl sites for hydroxylation is 1. The predicted octanol–water partition coefficient (Wildman–Crippen LogP) is 2.02. The second kappa shape index (κ2) is 12.9. The van der Waals surface area contributed by atoms with E-state index < -0.39 is 0 Å². The van der Waals surface area contributed by atoms with Crippen LogP contribution in [0.3, 0.4) is 0 Å². The molecule has 0 bridgehead atoms. The van der Waals surface area contributed by atoms with Gasteiger partial charge in [0, 0.05) is 52.7 Å². The number of halogens is 1. The molecule has 0 radical (unpaired) electrons. The lowest BCUT2D eigenvalue weighted by atomic mass is 10.3. The Kier molecular flexibility index (Phi) is 11.2. The van der Waals surface area contributed by atoms with Gasteiger partial charge in [-0.3, -0.25) is 4.99 Å². The first kappa shape index (κ1) is 22.7. The molecule has 26 heavy (non-hydrogen) atoms. The van der Waals surface area contributed by atoms with E-state index in [0.717, 1.165) is 43.2 Å². The molecule has 2 rings (SSSR count). The molecule has 0 aliphatic carbocycles. The van der Waals surface area contributed by atoms with Gasteiger partial charge in [0.1, 0.15) is 5.65 Å². The summed E-state index contributed by atoms with van der Waals surface area (Å²) in [5.74, 6) is 0.803. The zero-order chi connectivity index (χ0) is 17.9. The molecule has 2 aromatic heterocycles. The Morgan fingerprint density at radius 2 is 2.04 bits per heavy atom. The van der Waals surface area contributed by atoms with Gasteiger partial charge in [0.15, 0.2) is 5.96 Å². The summed E-state index contributed by atoms with van der Waals surface area (Å²) in [7, 11) is 3.45. The molecule has 8 heteroatoms. The summed E-state index contributed by atoms with van der Waals surface area (Å²) in [6.07, 6.45) is 5.89. The topological polar surface area (TPSA) is 72.2 Å². The number of methoxy groups -OCH3 is 1. The molecule has 2 heterocycles. The van der Waals surface area contributed by atoms with Crippen LogP contribution < -0.4 is 10.6 Å². The van der Waals surface area contributed by atoms with Gasteiger partial charge in [-0.2, -0.15) is 0 Å². The van der Waals surface area contributed by atoms with Gasteiger partial charge in [0.25, 0.3) is 0 Å². The summed E-state index contributed by atoms with van der Waals surface area (Å²) in [5.41, 5.74) is 3.28. The van der Waals surface area contributed by atoms with Crippen molar-refractivity contribution in [2.75, 3.05) is 47.1 Å². The zero-order valence-corrected chi connectivity index (χ0v) is 18.2. The minimum absolute atomic E-state index is 0. The number of guanidine groups is 1. The average molecular weight is 475 g/mol. The lowest BCUT2D eigenvalue weighted by molar-refractivity contribution is 0.0698. The van der Waals surface area contributed by atoms with Crippen LogP contribution in [0.15, 0.2) is 29.5 Å². The molecular weight excluding hydrogens is 445 g/mol. The molecule has 7 nitrogen and oxygen atoms in total. The summed E-state index contributed by atoms with van der Waals surface area (Å²) in [6.45, 7) is 5.68. The third-order valence-electron chi connectivity index (χ3n) is 3.81. The van der Waals surface area contributed by atoms with Gasteiger partial charge in [0.2, 0.25) is 0 Å². The van der Waals surface area contributed by atoms with Crippen LogP contribution in [0.2, 0.25) is 0 Å². The van der Waals surface area contributed by atoms with Gasteiger partial charge in [-0.15, -0.1) is 24.0 Å². The number of hydrogen-bond donors (Lipinski definition) is 2. The first-order valence-electron chi connectivity index (χ1n) is 8.69. The van der Waals surface area contributed by atoms with E-state index in [4.69, 9.17) is 9.47 Å². The smallest absolute Gasteiger partial charge is 0.190 e. The molecule has 0 saturated carbocycles. The molecule has 2 aromatic rings. The molecule has 0 aliphatic rings.